The monoisotopic (exact) mass is 375 g/mol. The van der Waals surface area contributed by atoms with Crippen LogP contribution in [0.3, 0.4) is 0 Å². The number of aliphatic carboxylic acids is 1. The number of aromatic nitrogens is 2. The molecule has 146 valence electrons. The normalized spacial score (nSPS) is 20.8. The molecule has 1 saturated heterocycles. The van der Waals surface area contributed by atoms with Crippen LogP contribution < -0.4 is 0 Å². The Morgan fingerprint density at radius 1 is 1.31 bits per heavy atom. The Hall–Kier alpha value is -2.06. The van der Waals surface area contributed by atoms with Crippen molar-refractivity contribution in [1.29, 1.82) is 0 Å². The zero-order valence-corrected chi connectivity index (χ0v) is 15.4. The predicted octanol–water partition coefficient (Wildman–Crippen LogP) is 2.56. The van der Waals surface area contributed by atoms with Crippen molar-refractivity contribution in [2.45, 2.75) is 53.3 Å². The minimum atomic E-state index is -4.90. The third-order valence-corrected chi connectivity index (χ3v) is 4.97. The molecule has 1 aromatic heterocycles. The van der Waals surface area contributed by atoms with Crippen LogP contribution in [-0.2, 0) is 22.6 Å². The van der Waals surface area contributed by atoms with Gasteiger partial charge in [0.2, 0.25) is 5.91 Å². The Kier molecular flexibility index (Phi) is 5.39. The molecule has 1 aliphatic rings. The molecule has 1 aromatic rings. The Labute approximate surface area is 150 Å². The largest absolute Gasteiger partial charge is 0.481 e. The van der Waals surface area contributed by atoms with Crippen LogP contribution >= 0.6 is 0 Å². The topological polar surface area (TPSA) is 75.4 Å². The molecule has 0 aromatic carbocycles. The van der Waals surface area contributed by atoms with Gasteiger partial charge < -0.3 is 10.0 Å². The average molecular weight is 375 g/mol. The smallest absolute Gasteiger partial charge is 0.406 e. The number of carboxylic acid groups (broad SMARTS) is 1. The summed E-state index contributed by atoms with van der Waals surface area (Å²) in [7, 11) is 0. The Balaban J connectivity index is 2.17. The van der Waals surface area contributed by atoms with Crippen LogP contribution in [0, 0.1) is 25.2 Å². The summed E-state index contributed by atoms with van der Waals surface area (Å²) in [6.07, 6.45) is -5.60. The first kappa shape index (κ1) is 20.3. The van der Waals surface area contributed by atoms with E-state index in [1.54, 1.807) is 11.6 Å². The fourth-order valence-corrected chi connectivity index (χ4v) is 3.33. The van der Waals surface area contributed by atoms with Crippen LogP contribution in [0.4, 0.5) is 13.2 Å². The molecule has 1 amide bonds. The quantitative estimate of drug-likeness (QED) is 0.858. The number of carboxylic acids is 1. The summed E-state index contributed by atoms with van der Waals surface area (Å²) < 4.78 is 41.5. The molecular weight excluding hydrogens is 351 g/mol. The van der Waals surface area contributed by atoms with Gasteiger partial charge in [-0.05, 0) is 26.2 Å². The Bertz CT molecular complexity index is 712. The minimum Gasteiger partial charge on any atom is -0.481 e. The molecule has 1 atom stereocenters. The van der Waals surface area contributed by atoms with Crippen molar-refractivity contribution < 1.29 is 27.9 Å². The van der Waals surface area contributed by atoms with Crippen molar-refractivity contribution in [1.82, 2.24) is 14.7 Å². The van der Waals surface area contributed by atoms with E-state index in [4.69, 9.17) is 5.11 Å². The molecule has 1 aliphatic heterocycles. The summed E-state index contributed by atoms with van der Waals surface area (Å²) in [6.45, 7) is 7.27. The summed E-state index contributed by atoms with van der Waals surface area (Å²) in [6, 6.07) is 0. The number of aryl methyl sites for hydroxylation is 1. The number of nitrogens with zero attached hydrogens (tertiary/aromatic N) is 3. The third-order valence-electron chi connectivity index (χ3n) is 4.97. The fraction of sp³-hybridized carbons (Fsp3) is 0.706. The van der Waals surface area contributed by atoms with Crippen molar-refractivity contribution in [3.05, 3.63) is 17.0 Å². The van der Waals surface area contributed by atoms with E-state index in [9.17, 15) is 22.8 Å². The van der Waals surface area contributed by atoms with E-state index in [1.165, 1.54) is 0 Å². The SMILES string of the molecule is Cc1nn(CC(C)C)c(C)c1CC(=O)N1CCC(C(=O)O)(C(F)(F)F)C1. The number of hydrogen-bond acceptors (Lipinski definition) is 3. The van der Waals surface area contributed by atoms with Crippen molar-refractivity contribution >= 4 is 11.9 Å². The van der Waals surface area contributed by atoms with Crippen LogP contribution in [-0.4, -0.2) is 50.9 Å². The van der Waals surface area contributed by atoms with Gasteiger partial charge in [-0.1, -0.05) is 13.8 Å². The van der Waals surface area contributed by atoms with Gasteiger partial charge in [0, 0.05) is 30.9 Å². The number of likely N-dealkylation sites (tertiary alicyclic amines) is 1. The second kappa shape index (κ2) is 6.92. The molecule has 1 fully saturated rings. The lowest BCUT2D eigenvalue weighted by atomic mass is 9.86. The van der Waals surface area contributed by atoms with Crippen molar-refractivity contribution in [2.75, 3.05) is 13.1 Å². The van der Waals surface area contributed by atoms with E-state index >= 15 is 0 Å². The van der Waals surface area contributed by atoms with Crippen molar-refractivity contribution in [2.24, 2.45) is 11.3 Å². The Morgan fingerprint density at radius 2 is 1.92 bits per heavy atom. The highest BCUT2D eigenvalue weighted by atomic mass is 19.4. The summed E-state index contributed by atoms with van der Waals surface area (Å²) in [5, 5.41) is 13.5. The van der Waals surface area contributed by atoms with Crippen LogP contribution in [0.15, 0.2) is 0 Å². The van der Waals surface area contributed by atoms with E-state index in [1.807, 2.05) is 20.8 Å². The summed E-state index contributed by atoms with van der Waals surface area (Å²) in [5.74, 6) is -2.08. The van der Waals surface area contributed by atoms with Crippen molar-refractivity contribution in [3.63, 3.8) is 0 Å². The lowest BCUT2D eigenvalue weighted by Crippen LogP contribution is -2.47. The van der Waals surface area contributed by atoms with E-state index in [0.29, 0.717) is 23.7 Å². The van der Waals surface area contributed by atoms with Crippen molar-refractivity contribution in [3.8, 4) is 0 Å². The maximum Gasteiger partial charge on any atom is 0.406 e. The number of carbonyl (C=O) groups excluding carboxylic acids is 1. The number of amides is 1. The van der Waals surface area contributed by atoms with Gasteiger partial charge in [-0.25, -0.2) is 0 Å². The molecule has 2 rings (SSSR count). The van der Waals surface area contributed by atoms with Crippen LogP contribution in [0.25, 0.3) is 0 Å². The molecule has 0 bridgehead atoms. The first-order valence-corrected chi connectivity index (χ1v) is 8.50. The molecular formula is C17H24F3N3O3. The molecule has 9 heteroatoms. The summed E-state index contributed by atoms with van der Waals surface area (Å²) in [5.41, 5.74) is -0.718. The highest BCUT2D eigenvalue weighted by Gasteiger charge is 2.64. The number of hydrogen-bond donors (Lipinski definition) is 1. The minimum absolute atomic E-state index is 0.0800. The van der Waals surface area contributed by atoms with Gasteiger partial charge in [0.05, 0.1) is 12.1 Å². The first-order chi connectivity index (χ1) is 11.9. The van der Waals surface area contributed by atoms with Crippen LogP contribution in [0.1, 0.15) is 37.2 Å². The molecule has 0 aliphatic carbocycles. The zero-order chi connectivity index (χ0) is 19.9. The maximum absolute atomic E-state index is 13.3. The molecule has 0 saturated carbocycles. The second-order valence-electron chi connectivity index (χ2n) is 7.35. The van der Waals surface area contributed by atoms with E-state index in [2.05, 4.69) is 5.10 Å². The molecule has 1 unspecified atom stereocenters. The molecule has 0 radical (unpaired) electrons. The second-order valence-corrected chi connectivity index (χ2v) is 7.35. The number of carbonyl (C=O) groups is 2. The van der Waals surface area contributed by atoms with Gasteiger partial charge >= 0.3 is 12.1 Å². The van der Waals surface area contributed by atoms with Gasteiger partial charge in [0.25, 0.3) is 0 Å². The molecule has 6 nitrogen and oxygen atoms in total. The van der Waals surface area contributed by atoms with Gasteiger partial charge in [-0.2, -0.15) is 18.3 Å². The fourth-order valence-electron chi connectivity index (χ4n) is 3.33. The standard InChI is InChI=1S/C17H24F3N3O3/c1-10(2)8-23-12(4)13(11(3)21-23)7-14(24)22-6-5-16(9-22,15(25)26)17(18,19)20/h10H,5-9H2,1-4H3,(H,25,26). The highest BCUT2D eigenvalue weighted by Crippen LogP contribution is 2.45. The summed E-state index contributed by atoms with van der Waals surface area (Å²) in [4.78, 5) is 24.8. The van der Waals surface area contributed by atoms with Gasteiger partial charge in [0.15, 0.2) is 5.41 Å². The number of rotatable bonds is 5. The average Bonchev–Trinajstić information content (AvgIpc) is 3.05. The molecule has 0 spiro atoms. The Morgan fingerprint density at radius 3 is 2.38 bits per heavy atom. The van der Waals surface area contributed by atoms with Gasteiger partial charge in [-0.3, -0.25) is 14.3 Å². The molecule has 26 heavy (non-hydrogen) atoms. The van der Waals surface area contributed by atoms with Crippen LogP contribution in [0.2, 0.25) is 0 Å². The van der Waals surface area contributed by atoms with E-state index in [-0.39, 0.29) is 13.0 Å². The van der Waals surface area contributed by atoms with Crippen LogP contribution in [0.5, 0.6) is 0 Å². The lowest BCUT2D eigenvalue weighted by molar-refractivity contribution is -0.227. The lowest BCUT2D eigenvalue weighted by Gasteiger charge is -2.27. The maximum atomic E-state index is 13.3. The zero-order valence-electron chi connectivity index (χ0n) is 15.4. The third kappa shape index (κ3) is 3.57. The number of alkyl halides is 3. The van der Waals surface area contributed by atoms with E-state index in [0.717, 1.165) is 10.6 Å². The number of halogens is 3. The molecule has 1 N–H and O–H groups in total. The van der Waals surface area contributed by atoms with E-state index < -0.39 is 36.4 Å². The predicted molar refractivity (Wildman–Crippen MR) is 87.6 cm³/mol. The first-order valence-electron chi connectivity index (χ1n) is 8.50. The highest BCUT2D eigenvalue weighted by molar-refractivity contribution is 5.83. The van der Waals surface area contributed by atoms with Gasteiger partial charge in [-0.15, -0.1) is 0 Å². The van der Waals surface area contributed by atoms with Gasteiger partial charge in [0.1, 0.15) is 0 Å². The summed E-state index contributed by atoms with van der Waals surface area (Å²) >= 11 is 0. The molecule has 2 heterocycles.